The molecule has 0 N–H and O–H groups in total. The molecule has 25 aliphatic rings. The lowest BCUT2D eigenvalue weighted by Crippen LogP contribution is -2.48. The number of hydrogen-bond donors (Lipinski definition) is 0. The number of unbranched alkanes of at least 4 members (excludes halogenated alkanes) is 5. The number of hydrogen-bond acceptors (Lipinski definition) is 25. The highest BCUT2D eigenvalue weighted by atomic mass is 32.2. The van der Waals surface area contributed by atoms with Crippen molar-refractivity contribution in [3.8, 4) is 0 Å². The molecule has 0 aromatic carbocycles. The minimum Gasteiger partial charge on any atom is -0.450 e. The third kappa shape index (κ3) is 19.1. The molecule has 7 aliphatic carbocycles. The summed E-state index contributed by atoms with van der Waals surface area (Å²) in [5.74, 6) is 7.25. The number of thioether (sulfide) groups is 6. The van der Waals surface area contributed by atoms with Gasteiger partial charge < -0.3 is 33.3 Å². The molecule has 25 heteroatoms. The zero-order valence-electron chi connectivity index (χ0n) is 83.2. The Labute approximate surface area is 834 Å². The third-order valence-electron chi connectivity index (χ3n) is 37.2. The van der Waals surface area contributed by atoms with E-state index in [1.165, 1.54) is 288 Å². The van der Waals surface area contributed by atoms with Crippen molar-refractivity contribution in [1.82, 2.24) is 34.3 Å². The highest BCUT2D eigenvalue weighted by molar-refractivity contribution is 8.03. The van der Waals surface area contributed by atoms with Crippen LogP contribution in [0.15, 0.2) is 80.9 Å². The number of ether oxygens (including phenoxy) is 6. The summed E-state index contributed by atoms with van der Waals surface area (Å²) in [5, 5.41) is 3.89. The predicted octanol–water partition coefficient (Wildman–Crippen LogP) is 20.3. The van der Waals surface area contributed by atoms with Crippen molar-refractivity contribution in [3.63, 3.8) is 0 Å². The zero-order chi connectivity index (χ0) is 93.1. The van der Waals surface area contributed by atoms with E-state index in [2.05, 4.69) is 155 Å². The van der Waals surface area contributed by atoms with Crippen molar-refractivity contribution in [1.29, 1.82) is 0 Å². The first kappa shape index (κ1) is 99.2. The SMILES string of the molecule is CC(C)CSC1=CC2=CC(=O)O[C@@]23C[C@@H]1N1CCCC[C@@H]13.CC(C)SC1CC2=CC(=O)O[C@@]23C[C@@H]1N1CCCC[C@@H]13.CCCCCCCSC1CC2=CC(=O)O[C@@]23C[C@@H]1N1CCCC[C@@H]13.CCCCSC1CC2=CC(=O)O[C@@]23C[C@@H]1N1CCCC[C@@H]13.CCN(CC)CCSC1CC2=CC(=O)O[C@@]23C[C@@H]1N1CCCC[C@@H]13.O=C1C=C2CC(SCC3CCCCCC3)[C@@H]3C[C@@]2(O1)[C@H]1CCCCN31. The Morgan fingerprint density at radius 3 is 1.07 bits per heavy atom. The number of nitrogens with zero attached hydrogens (tertiary/aromatic N) is 7. The van der Waals surface area contributed by atoms with Crippen LogP contribution in [0.2, 0.25) is 0 Å². The van der Waals surface area contributed by atoms with Crippen molar-refractivity contribution in [2.45, 2.75) is 463 Å². The summed E-state index contributed by atoms with van der Waals surface area (Å²) in [7, 11) is 0. The van der Waals surface area contributed by atoms with E-state index in [-0.39, 0.29) is 69.4 Å². The van der Waals surface area contributed by atoms with E-state index in [4.69, 9.17) is 28.4 Å². The Hall–Kier alpha value is -3.18. The van der Waals surface area contributed by atoms with Gasteiger partial charge in [-0.05, 0) is 255 Å². The molecule has 25 rings (SSSR count). The Morgan fingerprint density at radius 1 is 0.348 bits per heavy atom. The van der Waals surface area contributed by atoms with Gasteiger partial charge in [-0.1, -0.05) is 152 Å². The molecule has 23 atom stereocenters. The zero-order valence-corrected chi connectivity index (χ0v) is 88.1. The summed E-state index contributed by atoms with van der Waals surface area (Å²) in [6.45, 7) is 28.7. The van der Waals surface area contributed by atoms with Crippen LogP contribution in [0.3, 0.4) is 0 Å². The Kier molecular flexibility index (Phi) is 31.2. The summed E-state index contributed by atoms with van der Waals surface area (Å²) in [5.41, 5.74) is 6.20. The van der Waals surface area contributed by atoms with Crippen LogP contribution in [0.4, 0.5) is 0 Å². The second-order valence-electron chi connectivity index (χ2n) is 45.6. The second-order valence-corrected chi connectivity index (χ2v) is 53.9. The van der Waals surface area contributed by atoms with Gasteiger partial charge in [0.2, 0.25) is 0 Å². The average Bonchev–Trinajstić information content (AvgIpc) is 1.58. The smallest absolute Gasteiger partial charge is 0.332 e. The van der Waals surface area contributed by atoms with E-state index in [1.54, 1.807) is 6.08 Å². The van der Waals surface area contributed by atoms with Gasteiger partial charge in [0, 0.05) is 166 Å². The van der Waals surface area contributed by atoms with Gasteiger partial charge in [0.1, 0.15) is 0 Å². The van der Waals surface area contributed by atoms with Crippen molar-refractivity contribution in [2.24, 2.45) is 11.8 Å². The molecule has 0 amide bonds. The number of carbonyl (C=O) groups is 6. The summed E-state index contributed by atoms with van der Waals surface area (Å²) in [4.78, 5) is 91.9. The number of carbonyl (C=O) groups excluding carboxylic acids is 6. The molecule has 6 spiro atoms. The van der Waals surface area contributed by atoms with Crippen LogP contribution in [0, 0.1) is 11.8 Å². The first-order valence-electron chi connectivity index (χ1n) is 55.0. The van der Waals surface area contributed by atoms with Gasteiger partial charge in [0.05, 0.1) is 36.3 Å². The maximum atomic E-state index is 12.1. The van der Waals surface area contributed by atoms with Crippen molar-refractivity contribution < 1.29 is 57.2 Å². The Balaban J connectivity index is 0.000000101. The fourth-order valence-electron chi connectivity index (χ4n) is 31.2. The molecule has 18 heterocycles. The minimum atomic E-state index is -0.315. The van der Waals surface area contributed by atoms with Crippen LogP contribution in [-0.4, -0.2) is 295 Å². The lowest BCUT2D eigenvalue weighted by atomic mass is 9.77. The van der Waals surface area contributed by atoms with Crippen LogP contribution in [-0.2, 0) is 57.2 Å². The summed E-state index contributed by atoms with van der Waals surface area (Å²) >= 11 is 12.7. The number of fused-ring (bicyclic) bond motifs is 18. The largest absolute Gasteiger partial charge is 0.450 e. The molecule has 0 aromatic heterocycles. The van der Waals surface area contributed by atoms with Gasteiger partial charge in [-0.2, -0.15) is 58.8 Å². The van der Waals surface area contributed by atoms with Gasteiger partial charge in [0.15, 0.2) is 33.6 Å². The van der Waals surface area contributed by atoms with E-state index in [0.29, 0.717) is 110 Å². The molecule has 18 aliphatic heterocycles. The standard InChI is InChI=1S/C21H31NO2S.C20H31NO2S.C19H30N2O2S.C17H23NO2S.C17H25NO2S.C16H23NO2S/c23-20-12-16-11-18(25-14-15-7-3-1-2-4-8-15)17-13-21(16,24-20)19-9-5-6-10-22(17)19;1-2-3-4-5-8-11-24-17-12-15-13-19(22)23-20(15)14-16(17)21-10-7-6-9-18(20)21;1-3-20(4-2)9-10-24-16-11-14-12-18(22)23-19(14)13-15(16)21-8-6-5-7-17(19)21;1-11(2)10-21-14-7-12-8-16(19)20-17(12)9-13(14)18-6-4-3-5-15(17)18;1-2-3-8-21-14-9-12-10-16(19)20-17(12)11-13(14)18-7-5-4-6-15(17)18;1-10(2)20-13-7-11-8-15(18)19-16(11)9-12(13)17-6-4-3-5-14(16)17/h12,15,17-19H,1-11,13-14H2;13,16-18H,2-12,14H2,1H3;12,15-17H,3-11,13H2,1-2H3;7-8,11,13,15H,3-6,9-10H2,1-2H3;10,13-15H,2-9,11H2,1H3;8,10,12-14H,3-7,9H2,1-2H3/t17-,18?,19+,21-;16-,17?,18+,20-;15-,16?,17+,19-;13-,15+,17-;13-,14?,15+,17-;12-,13?,14+,16-/m000000/s1. The van der Waals surface area contributed by atoms with Crippen molar-refractivity contribution in [2.75, 3.05) is 87.7 Å². The first-order chi connectivity index (χ1) is 65.6. The lowest BCUT2D eigenvalue weighted by Gasteiger charge is -2.38. The van der Waals surface area contributed by atoms with E-state index in [0.717, 1.165) is 114 Å². The normalized spacial score (nSPS) is 40.0. The first-order valence-corrected chi connectivity index (χ1v) is 61.1. The molecule has 0 radical (unpaired) electrons. The maximum absolute atomic E-state index is 12.1. The van der Waals surface area contributed by atoms with Gasteiger partial charge >= 0.3 is 35.8 Å². The van der Waals surface area contributed by atoms with E-state index in [9.17, 15) is 28.8 Å². The molecule has 0 aromatic rings. The highest BCUT2D eigenvalue weighted by Gasteiger charge is 2.70. The van der Waals surface area contributed by atoms with Gasteiger partial charge in [0.25, 0.3) is 0 Å². The van der Waals surface area contributed by atoms with Crippen LogP contribution >= 0.6 is 70.6 Å². The van der Waals surface area contributed by atoms with E-state index in [1.807, 2.05) is 42.1 Å². The molecule has 746 valence electrons. The Bertz CT molecular complexity index is 4540. The van der Waals surface area contributed by atoms with E-state index < -0.39 is 0 Å². The molecule has 18 fully saturated rings. The quantitative estimate of drug-likeness (QED) is 0.0364. The molecule has 12 bridgehead atoms. The van der Waals surface area contributed by atoms with Crippen LogP contribution in [0.1, 0.15) is 325 Å². The molecule has 19 nitrogen and oxygen atoms in total. The number of piperidine rings is 6. The second kappa shape index (κ2) is 42.5. The highest BCUT2D eigenvalue weighted by Crippen LogP contribution is 2.64. The fraction of sp³-hybridized carbons (Fsp3) is 0.818. The average molecular weight is 1970 g/mol. The van der Waals surface area contributed by atoms with Crippen LogP contribution in [0.5, 0.6) is 0 Å². The summed E-state index contributed by atoms with van der Waals surface area (Å²) in [6.07, 6.45) is 65.4. The number of rotatable bonds is 25. The molecule has 6 saturated carbocycles. The monoisotopic (exact) mass is 1970 g/mol. The molecule has 5 unspecified atom stereocenters. The lowest BCUT2D eigenvalue weighted by molar-refractivity contribution is -0.149. The fourth-order valence-corrected chi connectivity index (χ4v) is 39.8. The number of esters is 6. The summed E-state index contributed by atoms with van der Waals surface area (Å²) < 4.78 is 35.5. The topological polar surface area (TPSA) is 180 Å². The molecule has 12 saturated heterocycles. The Morgan fingerprint density at radius 2 is 0.681 bits per heavy atom. The summed E-state index contributed by atoms with van der Waals surface area (Å²) in [6, 6.07) is 6.25. The third-order valence-corrected chi connectivity index (χ3v) is 45.9. The molecule has 135 heavy (non-hydrogen) atoms. The van der Waals surface area contributed by atoms with Gasteiger partial charge in [-0.25, -0.2) is 28.8 Å². The minimum absolute atomic E-state index is 0.0735. The van der Waals surface area contributed by atoms with Gasteiger partial charge in [-0.15, -0.1) is 11.8 Å². The van der Waals surface area contributed by atoms with Gasteiger partial charge in [-0.3, -0.25) is 29.4 Å². The predicted molar refractivity (Wildman–Crippen MR) is 551 cm³/mol. The van der Waals surface area contributed by atoms with E-state index >= 15 is 0 Å². The van der Waals surface area contributed by atoms with Crippen LogP contribution < -0.4 is 0 Å². The van der Waals surface area contributed by atoms with Crippen molar-refractivity contribution in [3.05, 3.63) is 80.9 Å². The van der Waals surface area contributed by atoms with Crippen LogP contribution in [0.25, 0.3) is 0 Å². The maximum Gasteiger partial charge on any atom is 0.332 e. The van der Waals surface area contributed by atoms with Crippen molar-refractivity contribution >= 4 is 106 Å². The molecular formula is C110H163N7O12S6. The molecular weight excluding hydrogens is 1800 g/mol.